The Labute approximate surface area is 176 Å². The second-order valence-electron chi connectivity index (χ2n) is 7.53. The van der Waals surface area contributed by atoms with Gasteiger partial charge < -0.3 is 10.2 Å². The third-order valence-corrected chi connectivity index (χ3v) is 5.49. The summed E-state index contributed by atoms with van der Waals surface area (Å²) >= 11 is 0. The minimum atomic E-state index is -4.54. The lowest BCUT2D eigenvalue weighted by atomic mass is 10.1. The quantitative estimate of drug-likeness (QED) is 0.729. The van der Waals surface area contributed by atoms with Gasteiger partial charge in [-0.25, -0.2) is 0 Å². The largest absolute Gasteiger partial charge is 0.416 e. The van der Waals surface area contributed by atoms with Gasteiger partial charge in [-0.1, -0.05) is 12.1 Å². The molecule has 0 saturated carbocycles. The van der Waals surface area contributed by atoms with Crippen LogP contribution >= 0.6 is 0 Å². The predicted molar refractivity (Wildman–Crippen MR) is 108 cm³/mol. The molecule has 0 spiro atoms. The summed E-state index contributed by atoms with van der Waals surface area (Å²) in [5.74, 6) is -1.54. The van der Waals surface area contributed by atoms with Crippen molar-refractivity contribution in [1.29, 1.82) is 0 Å². The average molecular weight is 431 g/mol. The van der Waals surface area contributed by atoms with Gasteiger partial charge in [0.25, 0.3) is 11.8 Å². The molecule has 1 N–H and O–H groups in total. The minimum absolute atomic E-state index is 0.0732. The molecule has 31 heavy (non-hydrogen) atoms. The molecule has 2 heterocycles. The van der Waals surface area contributed by atoms with E-state index in [0.29, 0.717) is 18.8 Å². The lowest BCUT2D eigenvalue weighted by molar-refractivity contribution is -0.137. The minimum Gasteiger partial charge on any atom is -0.370 e. The number of halogens is 3. The van der Waals surface area contributed by atoms with E-state index in [1.165, 1.54) is 6.07 Å². The number of hydrogen-bond acceptors (Lipinski definition) is 4. The highest BCUT2D eigenvalue weighted by molar-refractivity contribution is 6.21. The Morgan fingerprint density at radius 3 is 2.16 bits per heavy atom. The number of fused-ring (bicyclic) bond motifs is 1. The molecule has 2 aliphatic heterocycles. The van der Waals surface area contributed by atoms with Gasteiger partial charge in [0.1, 0.15) is 0 Å². The van der Waals surface area contributed by atoms with E-state index in [9.17, 15) is 27.6 Å². The maximum absolute atomic E-state index is 13.2. The molecular weight excluding hydrogens is 411 g/mol. The molecule has 2 aromatic rings. The van der Waals surface area contributed by atoms with Crippen LogP contribution < -0.4 is 10.2 Å². The molecule has 0 radical (unpaired) electrons. The van der Waals surface area contributed by atoms with Gasteiger partial charge in [-0.2, -0.15) is 13.2 Å². The van der Waals surface area contributed by atoms with Crippen LogP contribution in [0.3, 0.4) is 0 Å². The van der Waals surface area contributed by atoms with Crippen LogP contribution in [0.2, 0.25) is 0 Å². The Morgan fingerprint density at radius 2 is 1.58 bits per heavy atom. The second-order valence-corrected chi connectivity index (χ2v) is 7.53. The fourth-order valence-electron chi connectivity index (χ4n) is 3.91. The molecule has 3 amide bonds. The number of alkyl halides is 3. The summed E-state index contributed by atoms with van der Waals surface area (Å²) in [6, 6.07) is 9.67. The second kappa shape index (κ2) is 8.05. The maximum atomic E-state index is 13.2. The van der Waals surface area contributed by atoms with E-state index in [0.717, 1.165) is 29.9 Å². The van der Waals surface area contributed by atoms with Crippen LogP contribution in [0.25, 0.3) is 0 Å². The fourth-order valence-corrected chi connectivity index (χ4v) is 3.91. The van der Waals surface area contributed by atoms with Crippen LogP contribution in [0.4, 0.5) is 24.5 Å². The van der Waals surface area contributed by atoms with Crippen molar-refractivity contribution in [3.05, 3.63) is 59.2 Å². The molecule has 1 saturated heterocycles. The maximum Gasteiger partial charge on any atom is 0.416 e. The Morgan fingerprint density at radius 1 is 0.968 bits per heavy atom. The molecule has 4 rings (SSSR count). The zero-order valence-corrected chi connectivity index (χ0v) is 16.5. The molecule has 162 valence electrons. The summed E-state index contributed by atoms with van der Waals surface area (Å²) in [5.41, 5.74) is 0.305. The average Bonchev–Trinajstić information content (AvgIpc) is 3.34. The number of hydrogen-bond donors (Lipinski definition) is 1. The Hall–Kier alpha value is -3.36. The Kier molecular flexibility index (Phi) is 5.43. The highest BCUT2D eigenvalue weighted by Crippen LogP contribution is 2.36. The molecule has 2 aliphatic rings. The number of nitrogens with zero attached hydrogens (tertiary/aromatic N) is 2. The van der Waals surface area contributed by atoms with Crippen LogP contribution in [0.15, 0.2) is 42.5 Å². The van der Waals surface area contributed by atoms with Crippen molar-refractivity contribution < 1.29 is 27.6 Å². The van der Waals surface area contributed by atoms with Crippen LogP contribution in [-0.2, 0) is 11.0 Å². The van der Waals surface area contributed by atoms with Crippen molar-refractivity contribution in [2.24, 2.45) is 0 Å². The number of imide groups is 1. The van der Waals surface area contributed by atoms with Gasteiger partial charge in [-0.15, -0.1) is 0 Å². The smallest absolute Gasteiger partial charge is 0.370 e. The summed E-state index contributed by atoms with van der Waals surface area (Å²) in [4.78, 5) is 40.2. The number of carbonyl (C=O) groups is 3. The first kappa shape index (κ1) is 20.9. The first-order valence-electron chi connectivity index (χ1n) is 9.97. The molecule has 2 aromatic carbocycles. The number of carbonyl (C=O) groups excluding carboxylic acids is 3. The summed E-state index contributed by atoms with van der Waals surface area (Å²) in [6.07, 6.45) is -2.91. The zero-order valence-electron chi connectivity index (χ0n) is 16.5. The van der Waals surface area contributed by atoms with Crippen molar-refractivity contribution in [3.8, 4) is 0 Å². The standard InChI is InChI=1S/C22H20F3N3O3/c23-22(24,25)14-7-8-18(27-10-3-4-11-27)17(13-14)26-19(29)9-12-28-20(30)15-5-1-2-6-16(15)21(28)31/h1-2,5-8,13H,3-4,9-12H2,(H,26,29). The molecule has 0 unspecified atom stereocenters. The van der Waals surface area contributed by atoms with E-state index in [1.54, 1.807) is 24.3 Å². The van der Waals surface area contributed by atoms with E-state index in [2.05, 4.69) is 5.32 Å². The number of rotatable bonds is 5. The molecule has 1 fully saturated rings. The van der Waals surface area contributed by atoms with Gasteiger partial charge >= 0.3 is 6.18 Å². The zero-order chi connectivity index (χ0) is 22.2. The monoisotopic (exact) mass is 431 g/mol. The topological polar surface area (TPSA) is 69.7 Å². The van der Waals surface area contributed by atoms with Gasteiger partial charge in [0.2, 0.25) is 5.91 Å². The van der Waals surface area contributed by atoms with Gasteiger partial charge in [0, 0.05) is 26.1 Å². The molecule has 0 aromatic heterocycles. The molecular formula is C22H20F3N3O3. The van der Waals surface area contributed by atoms with Crippen molar-refractivity contribution in [1.82, 2.24) is 4.90 Å². The van der Waals surface area contributed by atoms with E-state index in [-0.39, 0.29) is 29.8 Å². The first-order chi connectivity index (χ1) is 14.8. The first-order valence-corrected chi connectivity index (χ1v) is 9.97. The summed E-state index contributed by atoms with van der Waals surface area (Å²) in [5, 5.41) is 2.54. The van der Waals surface area contributed by atoms with Crippen LogP contribution in [0.1, 0.15) is 45.5 Å². The SMILES string of the molecule is O=C(CCN1C(=O)c2ccccc2C1=O)Nc1cc(C(F)(F)F)ccc1N1CCCC1. The third-order valence-electron chi connectivity index (χ3n) is 5.49. The van der Waals surface area contributed by atoms with E-state index in [4.69, 9.17) is 0 Å². The lowest BCUT2D eigenvalue weighted by Gasteiger charge is -2.23. The van der Waals surface area contributed by atoms with E-state index >= 15 is 0 Å². The molecule has 9 heteroatoms. The van der Waals surface area contributed by atoms with Crippen LogP contribution in [0.5, 0.6) is 0 Å². The van der Waals surface area contributed by atoms with Crippen molar-refractivity contribution in [2.75, 3.05) is 29.9 Å². The number of amides is 3. The van der Waals surface area contributed by atoms with Gasteiger partial charge in [0.05, 0.1) is 28.1 Å². The Bertz CT molecular complexity index is 1010. The van der Waals surface area contributed by atoms with Crippen LogP contribution in [-0.4, -0.2) is 42.3 Å². The van der Waals surface area contributed by atoms with Gasteiger partial charge in [-0.3, -0.25) is 19.3 Å². The summed E-state index contributed by atoms with van der Waals surface area (Å²) in [7, 11) is 0. The van der Waals surface area contributed by atoms with Gasteiger partial charge in [0.15, 0.2) is 0 Å². The number of nitrogens with one attached hydrogen (secondary N) is 1. The van der Waals surface area contributed by atoms with Crippen molar-refractivity contribution in [2.45, 2.75) is 25.4 Å². The van der Waals surface area contributed by atoms with E-state index in [1.807, 2.05) is 4.90 Å². The summed E-state index contributed by atoms with van der Waals surface area (Å²) in [6.45, 7) is 1.24. The van der Waals surface area contributed by atoms with Crippen LogP contribution in [0, 0.1) is 0 Å². The Balaban J connectivity index is 1.48. The van der Waals surface area contributed by atoms with E-state index < -0.39 is 29.5 Å². The highest BCUT2D eigenvalue weighted by atomic mass is 19.4. The number of benzene rings is 2. The molecule has 0 aliphatic carbocycles. The highest BCUT2D eigenvalue weighted by Gasteiger charge is 2.35. The normalized spacial score (nSPS) is 16.1. The van der Waals surface area contributed by atoms with Crippen molar-refractivity contribution in [3.63, 3.8) is 0 Å². The lowest BCUT2D eigenvalue weighted by Crippen LogP contribution is -2.33. The molecule has 0 bridgehead atoms. The fraction of sp³-hybridized carbons (Fsp3) is 0.318. The molecule has 6 nitrogen and oxygen atoms in total. The predicted octanol–water partition coefficient (Wildman–Crippen LogP) is 3.93. The molecule has 0 atom stereocenters. The third kappa shape index (κ3) is 4.12. The van der Waals surface area contributed by atoms with Gasteiger partial charge in [-0.05, 0) is 43.2 Å². The van der Waals surface area contributed by atoms with Crippen molar-refractivity contribution >= 4 is 29.1 Å². The number of anilines is 2. The summed E-state index contributed by atoms with van der Waals surface area (Å²) < 4.78 is 39.5.